The van der Waals surface area contributed by atoms with Gasteiger partial charge in [-0.15, -0.1) is 0 Å². The monoisotopic (exact) mass is 298 g/mol. The summed E-state index contributed by atoms with van der Waals surface area (Å²) in [7, 11) is -3.30. The Morgan fingerprint density at radius 2 is 2.00 bits per heavy atom. The van der Waals surface area contributed by atoms with Gasteiger partial charge in [0.05, 0.1) is 10.9 Å². The first-order chi connectivity index (χ1) is 9.62. The number of nitrogens with one attached hydrogen (secondary N) is 1. The SMILES string of the molecule is NCCOc1cccc(NS(=O)(=O)C2CCCCC2)c1. The van der Waals surface area contributed by atoms with Crippen molar-refractivity contribution in [2.45, 2.75) is 37.4 Å². The first-order valence-electron chi connectivity index (χ1n) is 7.06. The van der Waals surface area contributed by atoms with Gasteiger partial charge in [0.2, 0.25) is 10.0 Å². The zero-order valence-corrected chi connectivity index (χ0v) is 12.4. The van der Waals surface area contributed by atoms with Crippen LogP contribution >= 0.6 is 0 Å². The van der Waals surface area contributed by atoms with Gasteiger partial charge in [-0.3, -0.25) is 4.72 Å². The quantitative estimate of drug-likeness (QED) is 0.842. The summed E-state index contributed by atoms with van der Waals surface area (Å²) in [6, 6.07) is 6.98. The van der Waals surface area contributed by atoms with Gasteiger partial charge in [0, 0.05) is 12.6 Å². The first kappa shape index (κ1) is 15.1. The van der Waals surface area contributed by atoms with E-state index >= 15 is 0 Å². The minimum absolute atomic E-state index is 0.273. The molecule has 0 aromatic heterocycles. The van der Waals surface area contributed by atoms with Gasteiger partial charge in [0.25, 0.3) is 0 Å². The highest BCUT2D eigenvalue weighted by Gasteiger charge is 2.27. The summed E-state index contributed by atoms with van der Waals surface area (Å²) in [4.78, 5) is 0. The standard InChI is InChI=1S/C14H22N2O3S/c15-9-10-19-13-6-4-5-12(11-13)16-20(17,18)14-7-2-1-3-8-14/h4-6,11,14,16H,1-3,7-10,15H2. The van der Waals surface area contributed by atoms with E-state index in [4.69, 9.17) is 10.5 Å². The molecule has 6 heteroatoms. The van der Waals surface area contributed by atoms with Crippen molar-refractivity contribution in [1.82, 2.24) is 0 Å². The molecule has 1 aliphatic carbocycles. The lowest BCUT2D eigenvalue weighted by atomic mass is 10.0. The van der Waals surface area contributed by atoms with Crippen LogP contribution in [0.2, 0.25) is 0 Å². The third-order valence-corrected chi connectivity index (χ3v) is 5.34. The van der Waals surface area contributed by atoms with Crippen LogP contribution in [0.25, 0.3) is 0 Å². The van der Waals surface area contributed by atoms with E-state index in [1.807, 2.05) is 0 Å². The maximum absolute atomic E-state index is 12.3. The summed E-state index contributed by atoms with van der Waals surface area (Å²) in [5, 5.41) is -0.273. The lowest BCUT2D eigenvalue weighted by Crippen LogP contribution is -2.29. The molecular formula is C14H22N2O3S. The zero-order valence-electron chi connectivity index (χ0n) is 11.5. The van der Waals surface area contributed by atoms with Crippen LogP contribution in [-0.2, 0) is 10.0 Å². The Labute approximate surface area is 120 Å². The Morgan fingerprint density at radius 1 is 1.25 bits per heavy atom. The molecule has 1 saturated carbocycles. The topological polar surface area (TPSA) is 81.4 Å². The van der Waals surface area contributed by atoms with Crippen LogP contribution in [0.1, 0.15) is 32.1 Å². The molecule has 0 aliphatic heterocycles. The lowest BCUT2D eigenvalue weighted by molar-refractivity contribution is 0.328. The predicted molar refractivity (Wildman–Crippen MR) is 80.4 cm³/mol. The second kappa shape index (κ2) is 6.95. The molecule has 1 fully saturated rings. The van der Waals surface area contributed by atoms with Crippen LogP contribution < -0.4 is 15.2 Å². The highest BCUT2D eigenvalue weighted by Crippen LogP contribution is 2.26. The van der Waals surface area contributed by atoms with E-state index < -0.39 is 10.0 Å². The van der Waals surface area contributed by atoms with E-state index in [1.54, 1.807) is 24.3 Å². The third kappa shape index (κ3) is 4.11. The molecule has 5 nitrogen and oxygen atoms in total. The fourth-order valence-corrected chi connectivity index (χ4v) is 4.03. The molecule has 0 heterocycles. The van der Waals surface area contributed by atoms with Crippen LogP contribution in [0.3, 0.4) is 0 Å². The number of hydrogen-bond acceptors (Lipinski definition) is 4. The van der Waals surface area contributed by atoms with Crippen molar-refractivity contribution in [3.63, 3.8) is 0 Å². The Morgan fingerprint density at radius 3 is 2.70 bits per heavy atom. The maximum atomic E-state index is 12.3. The second-order valence-electron chi connectivity index (χ2n) is 5.07. The van der Waals surface area contributed by atoms with Crippen LogP contribution in [0.5, 0.6) is 5.75 Å². The normalized spacial score (nSPS) is 16.9. The van der Waals surface area contributed by atoms with Crippen molar-refractivity contribution in [3.05, 3.63) is 24.3 Å². The van der Waals surface area contributed by atoms with E-state index in [2.05, 4.69) is 4.72 Å². The largest absolute Gasteiger partial charge is 0.492 e. The summed E-state index contributed by atoms with van der Waals surface area (Å²) in [5.41, 5.74) is 5.92. The fourth-order valence-electron chi connectivity index (χ4n) is 2.45. The fraction of sp³-hybridized carbons (Fsp3) is 0.571. The van der Waals surface area contributed by atoms with Gasteiger partial charge >= 0.3 is 0 Å². The lowest BCUT2D eigenvalue weighted by Gasteiger charge is -2.22. The average Bonchev–Trinajstić information content (AvgIpc) is 2.46. The number of benzene rings is 1. The van der Waals surface area contributed by atoms with E-state index in [0.717, 1.165) is 32.1 Å². The van der Waals surface area contributed by atoms with Crippen LogP contribution in [0, 0.1) is 0 Å². The molecule has 1 aromatic rings. The molecule has 0 radical (unpaired) electrons. The van der Waals surface area contributed by atoms with Crippen molar-refractivity contribution >= 4 is 15.7 Å². The van der Waals surface area contributed by atoms with Gasteiger partial charge in [0.1, 0.15) is 12.4 Å². The number of nitrogens with two attached hydrogens (primary N) is 1. The van der Waals surface area contributed by atoms with E-state index in [-0.39, 0.29) is 5.25 Å². The predicted octanol–water partition coefficient (Wildman–Crippen LogP) is 2.10. The molecule has 2 rings (SSSR count). The molecule has 0 bridgehead atoms. The van der Waals surface area contributed by atoms with Crippen molar-refractivity contribution < 1.29 is 13.2 Å². The number of anilines is 1. The summed E-state index contributed by atoms with van der Waals surface area (Å²) < 4.78 is 32.7. The highest BCUT2D eigenvalue weighted by atomic mass is 32.2. The summed E-state index contributed by atoms with van der Waals surface area (Å²) >= 11 is 0. The molecule has 0 atom stereocenters. The van der Waals surface area contributed by atoms with Crippen LogP contribution in [-0.4, -0.2) is 26.8 Å². The smallest absolute Gasteiger partial charge is 0.235 e. The summed E-state index contributed by atoms with van der Waals surface area (Å²) in [5.74, 6) is 0.624. The minimum atomic E-state index is -3.30. The van der Waals surface area contributed by atoms with Gasteiger partial charge in [-0.1, -0.05) is 25.3 Å². The van der Waals surface area contributed by atoms with Crippen molar-refractivity contribution in [2.24, 2.45) is 5.73 Å². The summed E-state index contributed by atoms with van der Waals surface area (Å²) in [6.45, 7) is 0.844. The molecule has 112 valence electrons. The molecule has 1 aliphatic rings. The van der Waals surface area contributed by atoms with Gasteiger partial charge in [-0.05, 0) is 25.0 Å². The summed E-state index contributed by atoms with van der Waals surface area (Å²) in [6.07, 6.45) is 4.61. The number of hydrogen-bond donors (Lipinski definition) is 2. The molecule has 20 heavy (non-hydrogen) atoms. The Bertz CT molecular complexity index is 525. The Balaban J connectivity index is 2.04. The van der Waals surface area contributed by atoms with E-state index in [9.17, 15) is 8.42 Å². The van der Waals surface area contributed by atoms with Gasteiger partial charge in [-0.25, -0.2) is 8.42 Å². The molecular weight excluding hydrogens is 276 g/mol. The first-order valence-corrected chi connectivity index (χ1v) is 8.61. The molecule has 3 N–H and O–H groups in total. The van der Waals surface area contributed by atoms with Crippen molar-refractivity contribution in [1.29, 1.82) is 0 Å². The third-order valence-electron chi connectivity index (χ3n) is 3.47. The van der Waals surface area contributed by atoms with E-state index in [1.165, 1.54) is 0 Å². The van der Waals surface area contributed by atoms with E-state index in [0.29, 0.717) is 24.6 Å². The number of ether oxygens (including phenoxy) is 1. The molecule has 0 unspecified atom stereocenters. The van der Waals surface area contributed by atoms with Gasteiger partial charge in [0.15, 0.2) is 0 Å². The van der Waals surface area contributed by atoms with Crippen LogP contribution in [0.4, 0.5) is 5.69 Å². The average molecular weight is 298 g/mol. The highest BCUT2D eigenvalue weighted by molar-refractivity contribution is 7.93. The zero-order chi connectivity index (χ0) is 14.4. The van der Waals surface area contributed by atoms with Gasteiger partial charge < -0.3 is 10.5 Å². The second-order valence-corrected chi connectivity index (χ2v) is 7.03. The Hall–Kier alpha value is -1.27. The molecule has 0 spiro atoms. The Kier molecular flexibility index (Phi) is 5.25. The minimum Gasteiger partial charge on any atom is -0.492 e. The number of sulfonamides is 1. The van der Waals surface area contributed by atoms with Crippen molar-refractivity contribution in [3.8, 4) is 5.75 Å². The van der Waals surface area contributed by atoms with Gasteiger partial charge in [-0.2, -0.15) is 0 Å². The maximum Gasteiger partial charge on any atom is 0.235 e. The van der Waals surface area contributed by atoms with Crippen LogP contribution in [0.15, 0.2) is 24.3 Å². The molecule has 0 saturated heterocycles. The van der Waals surface area contributed by atoms with Crippen molar-refractivity contribution in [2.75, 3.05) is 17.9 Å². The molecule has 1 aromatic carbocycles. The molecule has 0 amide bonds. The number of rotatable bonds is 6.